The fraction of sp³-hybridized carbons (Fsp3) is 0.227. The summed E-state index contributed by atoms with van der Waals surface area (Å²) in [6.07, 6.45) is 1.55. The molecule has 11 heteroatoms. The highest BCUT2D eigenvalue weighted by Gasteiger charge is 2.36. The zero-order chi connectivity index (χ0) is 24.1. The first-order valence-corrected chi connectivity index (χ1v) is 11.9. The highest BCUT2D eigenvalue weighted by Crippen LogP contribution is 2.40. The number of nitrogens with zero attached hydrogens (tertiary/aromatic N) is 1. The number of rotatable bonds is 8. The molecule has 33 heavy (non-hydrogen) atoms. The average molecular weight is 575 g/mol. The summed E-state index contributed by atoms with van der Waals surface area (Å²) < 4.78 is 16.8. The first-order chi connectivity index (χ1) is 15.7. The number of methoxy groups -OCH3 is 1. The topological polar surface area (TPSA) is 82.1 Å². The molecule has 0 spiro atoms. The van der Waals surface area contributed by atoms with Gasteiger partial charge < -0.3 is 14.2 Å². The summed E-state index contributed by atoms with van der Waals surface area (Å²) in [6, 6.07) is 8.66. The second-order valence-electron chi connectivity index (χ2n) is 6.64. The van der Waals surface area contributed by atoms with E-state index in [4.69, 9.17) is 32.7 Å². The molecule has 0 radical (unpaired) electrons. The van der Waals surface area contributed by atoms with Crippen molar-refractivity contribution in [1.82, 2.24) is 4.90 Å². The summed E-state index contributed by atoms with van der Waals surface area (Å²) in [7, 11) is 1.19. The first kappa shape index (κ1) is 25.4. The zero-order valence-corrected chi connectivity index (χ0v) is 21.4. The van der Waals surface area contributed by atoms with Crippen LogP contribution in [-0.2, 0) is 20.9 Å². The van der Waals surface area contributed by atoms with E-state index in [0.717, 1.165) is 22.2 Å². The Kier molecular flexibility index (Phi) is 8.69. The molecule has 2 aromatic rings. The molecule has 0 bridgehead atoms. The van der Waals surface area contributed by atoms with Crippen molar-refractivity contribution in [3.63, 3.8) is 0 Å². The number of thioether (sulfide) groups is 1. The van der Waals surface area contributed by atoms with E-state index in [0.29, 0.717) is 38.2 Å². The number of ether oxygens (including phenoxy) is 3. The van der Waals surface area contributed by atoms with Crippen LogP contribution in [0.15, 0.2) is 39.7 Å². The Morgan fingerprint density at radius 2 is 1.91 bits per heavy atom. The predicted molar refractivity (Wildman–Crippen MR) is 131 cm³/mol. The van der Waals surface area contributed by atoms with Gasteiger partial charge in [0.2, 0.25) is 0 Å². The van der Waals surface area contributed by atoms with Gasteiger partial charge in [-0.15, -0.1) is 0 Å². The highest BCUT2D eigenvalue weighted by atomic mass is 79.9. The van der Waals surface area contributed by atoms with E-state index >= 15 is 0 Å². The van der Waals surface area contributed by atoms with Crippen molar-refractivity contribution in [3.05, 3.63) is 60.9 Å². The van der Waals surface area contributed by atoms with Crippen LogP contribution in [0.4, 0.5) is 4.79 Å². The summed E-state index contributed by atoms with van der Waals surface area (Å²) in [4.78, 5) is 37.2. The summed E-state index contributed by atoms with van der Waals surface area (Å²) in [5.74, 6) is -0.321. The van der Waals surface area contributed by atoms with E-state index in [1.165, 1.54) is 7.11 Å². The van der Waals surface area contributed by atoms with Crippen LogP contribution in [-0.4, -0.2) is 42.3 Å². The fourth-order valence-electron chi connectivity index (χ4n) is 2.84. The van der Waals surface area contributed by atoms with E-state index in [9.17, 15) is 14.4 Å². The quantitative estimate of drug-likeness (QED) is 0.285. The summed E-state index contributed by atoms with van der Waals surface area (Å²) in [5, 5.41) is 0.345. The molecule has 2 amide bonds. The number of hydrogen-bond acceptors (Lipinski definition) is 7. The summed E-state index contributed by atoms with van der Waals surface area (Å²) >= 11 is 16.3. The molecule has 2 aromatic carbocycles. The van der Waals surface area contributed by atoms with Crippen LogP contribution in [0.25, 0.3) is 6.08 Å². The van der Waals surface area contributed by atoms with Crippen molar-refractivity contribution < 1.29 is 28.6 Å². The lowest BCUT2D eigenvalue weighted by Gasteiger charge is -2.15. The van der Waals surface area contributed by atoms with Gasteiger partial charge in [-0.2, -0.15) is 0 Å². The van der Waals surface area contributed by atoms with E-state index in [2.05, 4.69) is 20.7 Å². The minimum Gasteiger partial charge on any atom is -0.490 e. The maximum Gasteiger partial charge on any atom is 0.325 e. The van der Waals surface area contributed by atoms with Crippen molar-refractivity contribution in [2.24, 2.45) is 0 Å². The SMILES string of the molecule is CCOc1cc(/C=C2/SC(=O)N(CC(=O)OC)C2=O)cc(Br)c1OCc1ccc(Cl)c(Cl)c1. The van der Waals surface area contributed by atoms with Gasteiger partial charge in [-0.05, 0) is 76.1 Å². The number of imide groups is 1. The fourth-order valence-corrected chi connectivity index (χ4v) is 4.57. The molecule has 0 saturated carbocycles. The van der Waals surface area contributed by atoms with Gasteiger partial charge in [0.15, 0.2) is 11.5 Å². The van der Waals surface area contributed by atoms with Crippen LogP contribution in [0.1, 0.15) is 18.1 Å². The Labute approximate surface area is 213 Å². The van der Waals surface area contributed by atoms with Crippen molar-refractivity contribution in [2.75, 3.05) is 20.3 Å². The Bertz CT molecular complexity index is 1140. The van der Waals surface area contributed by atoms with Gasteiger partial charge in [0.25, 0.3) is 11.1 Å². The first-order valence-electron chi connectivity index (χ1n) is 9.58. The van der Waals surface area contributed by atoms with Crippen LogP contribution in [0.5, 0.6) is 11.5 Å². The third-order valence-electron chi connectivity index (χ3n) is 4.39. The van der Waals surface area contributed by atoms with Crippen LogP contribution in [0.3, 0.4) is 0 Å². The molecule has 0 atom stereocenters. The monoisotopic (exact) mass is 573 g/mol. The van der Waals surface area contributed by atoms with Gasteiger partial charge in [0.1, 0.15) is 13.2 Å². The molecule has 0 aliphatic carbocycles. The van der Waals surface area contributed by atoms with Crippen LogP contribution < -0.4 is 9.47 Å². The van der Waals surface area contributed by atoms with Crippen molar-refractivity contribution in [2.45, 2.75) is 13.5 Å². The van der Waals surface area contributed by atoms with Gasteiger partial charge in [-0.1, -0.05) is 29.3 Å². The average Bonchev–Trinajstić information content (AvgIpc) is 3.03. The van der Waals surface area contributed by atoms with E-state index < -0.39 is 23.7 Å². The lowest BCUT2D eigenvalue weighted by molar-refractivity contribution is -0.143. The molecule has 0 aromatic heterocycles. The molecule has 1 saturated heterocycles. The summed E-state index contributed by atoms with van der Waals surface area (Å²) in [6.45, 7) is 2.01. The second kappa shape index (κ2) is 11.3. The Hall–Kier alpha value is -2.20. The van der Waals surface area contributed by atoms with E-state index in [1.807, 2.05) is 6.92 Å². The highest BCUT2D eigenvalue weighted by molar-refractivity contribution is 9.10. The zero-order valence-electron chi connectivity index (χ0n) is 17.5. The van der Waals surface area contributed by atoms with Crippen LogP contribution in [0.2, 0.25) is 10.0 Å². The molecule has 3 rings (SSSR count). The van der Waals surface area contributed by atoms with Crippen molar-refractivity contribution >= 4 is 74.1 Å². The molecule has 174 valence electrons. The minimum absolute atomic E-state index is 0.183. The van der Waals surface area contributed by atoms with Gasteiger partial charge >= 0.3 is 5.97 Å². The standard InChI is InChI=1S/C22H18BrCl2NO6S/c1-3-31-17-8-13(9-18-21(28)26(22(29)33-18)10-19(27)30-2)6-14(23)20(17)32-11-12-4-5-15(24)16(25)7-12/h4-9H,3,10-11H2,1-2H3/b18-9+. The number of halogens is 3. The normalized spacial score (nSPS) is 14.7. The van der Waals surface area contributed by atoms with Crippen LogP contribution in [0, 0.1) is 0 Å². The molecule has 0 N–H and O–H groups in total. The number of esters is 1. The van der Waals surface area contributed by atoms with Crippen molar-refractivity contribution in [3.8, 4) is 11.5 Å². The van der Waals surface area contributed by atoms with Gasteiger partial charge in [0.05, 0.1) is 33.1 Å². The van der Waals surface area contributed by atoms with E-state index in [1.54, 1.807) is 36.4 Å². The lowest BCUT2D eigenvalue weighted by atomic mass is 10.1. The molecule has 0 unspecified atom stereocenters. The molecular formula is C22H18BrCl2NO6S. The van der Waals surface area contributed by atoms with Crippen LogP contribution >= 0.6 is 50.9 Å². The molecule has 1 aliphatic heterocycles. The maximum absolute atomic E-state index is 12.6. The Balaban J connectivity index is 1.84. The van der Waals surface area contributed by atoms with Crippen molar-refractivity contribution in [1.29, 1.82) is 0 Å². The molecule has 1 heterocycles. The number of carbonyl (C=O) groups excluding carboxylic acids is 3. The molecule has 1 fully saturated rings. The minimum atomic E-state index is -0.677. The van der Waals surface area contributed by atoms with E-state index in [-0.39, 0.29) is 11.5 Å². The van der Waals surface area contributed by atoms with Gasteiger partial charge in [0, 0.05) is 0 Å². The second-order valence-corrected chi connectivity index (χ2v) is 9.31. The third-order valence-corrected chi connectivity index (χ3v) is 6.62. The lowest BCUT2D eigenvalue weighted by Crippen LogP contribution is -2.34. The number of carbonyl (C=O) groups is 3. The molecule has 7 nitrogen and oxygen atoms in total. The molecule has 1 aliphatic rings. The maximum atomic E-state index is 12.6. The van der Waals surface area contributed by atoms with Gasteiger partial charge in [-0.25, -0.2) is 0 Å². The smallest absolute Gasteiger partial charge is 0.325 e. The Morgan fingerprint density at radius 3 is 2.58 bits per heavy atom. The van der Waals surface area contributed by atoms with Gasteiger partial charge in [-0.3, -0.25) is 19.3 Å². The summed E-state index contributed by atoms with van der Waals surface area (Å²) in [5.41, 5.74) is 1.43. The number of hydrogen-bond donors (Lipinski definition) is 0. The predicted octanol–water partition coefficient (Wildman–Crippen LogP) is 5.94. The molecular weight excluding hydrogens is 557 g/mol. The Morgan fingerprint density at radius 1 is 1.15 bits per heavy atom. The number of benzene rings is 2. The third kappa shape index (κ3) is 6.23. The number of amides is 2. The largest absolute Gasteiger partial charge is 0.490 e.